The third-order valence-corrected chi connectivity index (χ3v) is 9.94. The minimum atomic E-state index is -4.15. The summed E-state index contributed by atoms with van der Waals surface area (Å²) < 4.78 is 39.7. The van der Waals surface area contributed by atoms with Gasteiger partial charge in [-0.05, 0) is 49.1 Å². The Morgan fingerprint density at radius 2 is 1.79 bits per heavy atom. The highest BCUT2D eigenvalue weighted by molar-refractivity contribution is 5.76. The van der Waals surface area contributed by atoms with E-state index in [4.69, 9.17) is 0 Å². The van der Waals surface area contributed by atoms with E-state index >= 15 is 0 Å². The average molecular weight is 531 g/mol. The van der Waals surface area contributed by atoms with Gasteiger partial charge < -0.3 is 14.8 Å². The molecule has 8 nitrogen and oxygen atoms in total. The lowest BCUT2D eigenvalue weighted by molar-refractivity contribution is -0.170. The SMILES string of the molecule is C[N+]1(c2ccc(C3CN(C(=O)N4CCC5(CC(c6nnc(C7CC7)[nH]6)C5)C4)C3)cn2)CC[C@@H](C(F)(F)F)C1. The highest BCUT2D eigenvalue weighted by atomic mass is 19.4. The summed E-state index contributed by atoms with van der Waals surface area (Å²) in [5, 5.41) is 8.72. The summed E-state index contributed by atoms with van der Waals surface area (Å²) in [7, 11) is 1.83. The molecule has 2 amide bonds. The van der Waals surface area contributed by atoms with Crippen LogP contribution in [0.2, 0.25) is 0 Å². The molecule has 2 aliphatic carbocycles. The highest BCUT2D eigenvalue weighted by Gasteiger charge is 2.52. The van der Waals surface area contributed by atoms with Crippen molar-refractivity contribution in [3.8, 4) is 0 Å². The summed E-state index contributed by atoms with van der Waals surface area (Å²) in [6.07, 6.45) is 3.40. The number of halogens is 3. The van der Waals surface area contributed by atoms with Crippen molar-refractivity contribution in [2.45, 2.75) is 62.5 Å². The number of amides is 2. The van der Waals surface area contributed by atoms with Gasteiger partial charge >= 0.3 is 12.2 Å². The maximum atomic E-state index is 13.2. The smallest absolute Gasteiger partial charge is 0.328 e. The molecule has 0 radical (unpaired) electrons. The number of alkyl halides is 3. The fourth-order valence-corrected chi connectivity index (χ4v) is 7.21. The van der Waals surface area contributed by atoms with Gasteiger partial charge in [-0.1, -0.05) is 0 Å². The Bertz CT molecular complexity index is 1210. The molecule has 5 heterocycles. The van der Waals surface area contributed by atoms with Crippen molar-refractivity contribution >= 4 is 11.8 Å². The van der Waals surface area contributed by atoms with E-state index in [1.807, 2.05) is 29.0 Å². The van der Waals surface area contributed by atoms with Gasteiger partial charge in [0.1, 0.15) is 17.6 Å². The fraction of sp³-hybridized carbons (Fsp3) is 0.704. The molecule has 1 unspecified atom stereocenters. The quantitative estimate of drug-likeness (QED) is 0.595. The van der Waals surface area contributed by atoms with E-state index in [0.717, 1.165) is 49.6 Å². The van der Waals surface area contributed by atoms with Crippen LogP contribution in [0.1, 0.15) is 73.5 Å². The zero-order chi connectivity index (χ0) is 26.3. The number of hydrogen-bond acceptors (Lipinski definition) is 4. The molecule has 2 aromatic rings. The van der Waals surface area contributed by atoms with Gasteiger partial charge in [0, 0.05) is 62.6 Å². The van der Waals surface area contributed by atoms with E-state index < -0.39 is 12.1 Å². The molecule has 11 heteroatoms. The predicted molar refractivity (Wildman–Crippen MR) is 135 cm³/mol. The van der Waals surface area contributed by atoms with E-state index in [9.17, 15) is 18.0 Å². The first-order chi connectivity index (χ1) is 18.1. The van der Waals surface area contributed by atoms with Gasteiger partial charge in [0.15, 0.2) is 0 Å². The Labute approximate surface area is 220 Å². The topological polar surface area (TPSA) is 78.0 Å². The number of rotatable bonds is 4. The van der Waals surface area contributed by atoms with Crippen molar-refractivity contribution in [2.75, 3.05) is 46.3 Å². The van der Waals surface area contributed by atoms with Gasteiger partial charge in [0.05, 0.1) is 20.1 Å². The van der Waals surface area contributed by atoms with Gasteiger partial charge in [0.2, 0.25) is 5.82 Å². The van der Waals surface area contributed by atoms with Crippen LogP contribution in [0.15, 0.2) is 18.3 Å². The maximum absolute atomic E-state index is 13.2. The van der Waals surface area contributed by atoms with Crippen LogP contribution >= 0.6 is 0 Å². The summed E-state index contributed by atoms with van der Waals surface area (Å²) in [6, 6.07) is 3.98. The first-order valence-corrected chi connectivity index (χ1v) is 13.9. The van der Waals surface area contributed by atoms with E-state index in [-0.39, 0.29) is 34.8 Å². The maximum Gasteiger partial charge on any atom is 0.397 e. The third kappa shape index (κ3) is 4.17. The van der Waals surface area contributed by atoms with E-state index in [1.54, 1.807) is 6.20 Å². The van der Waals surface area contributed by atoms with Crippen LogP contribution in [0.3, 0.4) is 0 Å². The summed E-state index contributed by atoms with van der Waals surface area (Å²) in [5.41, 5.74) is 1.27. The fourth-order valence-electron chi connectivity index (χ4n) is 7.21. The molecule has 2 atom stereocenters. The molecule has 0 bridgehead atoms. The Kier molecular flexibility index (Phi) is 5.39. The number of aromatic amines is 1. The van der Waals surface area contributed by atoms with Crippen LogP contribution in [-0.4, -0.2) is 88.5 Å². The van der Waals surface area contributed by atoms with Crippen molar-refractivity contribution in [3.05, 3.63) is 35.5 Å². The van der Waals surface area contributed by atoms with Crippen molar-refractivity contribution < 1.29 is 18.0 Å². The molecule has 3 aliphatic heterocycles. The van der Waals surface area contributed by atoms with Gasteiger partial charge in [-0.2, -0.15) is 13.2 Å². The first-order valence-electron chi connectivity index (χ1n) is 13.9. The van der Waals surface area contributed by atoms with Gasteiger partial charge in [-0.3, -0.25) is 4.48 Å². The zero-order valence-corrected chi connectivity index (χ0v) is 21.8. The molecule has 1 spiro atoms. The number of carbonyl (C=O) groups excluding carboxylic acids is 1. The normalized spacial score (nSPS) is 33.6. The molecular formula is C27H35F3N7O+. The summed E-state index contributed by atoms with van der Waals surface area (Å²) in [5.74, 6) is 2.72. The predicted octanol–water partition coefficient (Wildman–Crippen LogP) is 4.39. The van der Waals surface area contributed by atoms with Crippen molar-refractivity contribution in [3.63, 3.8) is 0 Å². The molecule has 204 valence electrons. The van der Waals surface area contributed by atoms with Gasteiger partial charge in [-0.25, -0.2) is 9.78 Å². The molecular weight excluding hydrogens is 495 g/mol. The average Bonchev–Trinajstić information content (AvgIpc) is 3.22. The summed E-state index contributed by atoms with van der Waals surface area (Å²) in [6.45, 7) is 3.44. The lowest BCUT2D eigenvalue weighted by atomic mass is 9.61. The van der Waals surface area contributed by atoms with Crippen LogP contribution in [0.5, 0.6) is 0 Å². The number of urea groups is 1. The zero-order valence-electron chi connectivity index (χ0n) is 21.8. The number of likely N-dealkylation sites (tertiary alicyclic amines) is 3. The number of quaternary nitrogens is 1. The number of carbonyl (C=O) groups is 1. The van der Waals surface area contributed by atoms with Crippen LogP contribution in [-0.2, 0) is 0 Å². The van der Waals surface area contributed by atoms with E-state index in [1.165, 1.54) is 12.8 Å². The number of nitrogens with zero attached hydrogens (tertiary/aromatic N) is 6. The molecule has 3 saturated heterocycles. The second kappa shape index (κ2) is 8.40. The van der Waals surface area contributed by atoms with Crippen molar-refractivity contribution in [2.24, 2.45) is 11.3 Å². The summed E-state index contributed by atoms with van der Waals surface area (Å²) in [4.78, 5) is 25.1. The molecule has 5 aliphatic rings. The van der Waals surface area contributed by atoms with Gasteiger partial charge in [-0.15, -0.1) is 10.2 Å². The van der Waals surface area contributed by atoms with Gasteiger partial charge in [0.25, 0.3) is 0 Å². The molecule has 7 rings (SSSR count). The number of nitrogens with one attached hydrogen (secondary N) is 1. The molecule has 38 heavy (non-hydrogen) atoms. The van der Waals surface area contributed by atoms with Crippen molar-refractivity contribution in [1.82, 2.24) is 34.4 Å². The number of hydrogen-bond donors (Lipinski definition) is 1. The second-order valence-electron chi connectivity index (χ2n) is 12.8. The number of H-pyrrole nitrogens is 1. The molecule has 0 aromatic carbocycles. The van der Waals surface area contributed by atoms with Crippen LogP contribution in [0.25, 0.3) is 0 Å². The number of aromatic nitrogens is 4. The Balaban J connectivity index is 0.900. The lowest BCUT2D eigenvalue weighted by Gasteiger charge is -2.45. The Hall–Kier alpha value is -2.69. The number of pyridine rings is 1. The largest absolute Gasteiger partial charge is 0.397 e. The minimum absolute atomic E-state index is 0.0412. The van der Waals surface area contributed by atoms with Crippen LogP contribution in [0.4, 0.5) is 23.8 Å². The molecule has 2 aromatic heterocycles. The van der Waals surface area contributed by atoms with Crippen molar-refractivity contribution in [1.29, 1.82) is 0 Å². The van der Waals surface area contributed by atoms with E-state index in [0.29, 0.717) is 37.3 Å². The molecule has 5 fully saturated rings. The summed E-state index contributed by atoms with van der Waals surface area (Å²) >= 11 is 0. The monoisotopic (exact) mass is 530 g/mol. The standard InChI is InChI=1S/C27H35F3N7O/c1-37(9-6-21(15-37)27(28,29)30)22-5-4-18(12-31-22)20-13-36(14-20)25(38)35-8-7-26(16-35)10-19(11-26)24-32-23(33-34-24)17-2-3-17/h4-5,12,17,19-21H,2-3,6-11,13-16H2,1H3,(H,32,33,34)/q+1/t19?,21-,26?,37?/m1/s1. The lowest BCUT2D eigenvalue weighted by Crippen LogP contribution is -2.54. The highest BCUT2D eigenvalue weighted by Crippen LogP contribution is 2.55. The minimum Gasteiger partial charge on any atom is -0.328 e. The van der Waals surface area contributed by atoms with E-state index in [2.05, 4.69) is 20.2 Å². The molecule has 2 saturated carbocycles. The first kappa shape index (κ1) is 24.4. The van der Waals surface area contributed by atoms with Crippen LogP contribution in [0, 0.1) is 11.3 Å². The third-order valence-electron chi connectivity index (χ3n) is 9.94. The Morgan fingerprint density at radius 1 is 1.05 bits per heavy atom. The molecule has 1 N–H and O–H groups in total. The second-order valence-corrected chi connectivity index (χ2v) is 12.8. The van der Waals surface area contributed by atoms with Crippen LogP contribution < -0.4 is 4.48 Å². The Morgan fingerprint density at radius 3 is 2.42 bits per heavy atom.